The second kappa shape index (κ2) is 8.54. The standard InChI is InChI=1S/C19H24N2O3S/c1-3-23-15-6-7-17-14(10-15)9-13(2)19(21-17)25-12-18(22)20-11-16-5-4-8-24-16/h6-7,9-10,16H,3-5,8,11-12H2,1-2H3,(H,20,22). The molecule has 6 heteroatoms. The molecular weight excluding hydrogens is 336 g/mol. The number of benzene rings is 1. The van der Waals surface area contributed by atoms with Gasteiger partial charge in [0.1, 0.15) is 10.8 Å². The van der Waals surface area contributed by atoms with Crippen molar-refractivity contribution in [2.24, 2.45) is 0 Å². The minimum Gasteiger partial charge on any atom is -0.494 e. The Labute approximate surface area is 152 Å². The highest BCUT2D eigenvalue weighted by Gasteiger charge is 2.16. The lowest BCUT2D eigenvalue weighted by Gasteiger charge is -2.11. The summed E-state index contributed by atoms with van der Waals surface area (Å²) in [7, 11) is 0. The fourth-order valence-corrected chi connectivity index (χ4v) is 3.68. The smallest absolute Gasteiger partial charge is 0.230 e. The van der Waals surface area contributed by atoms with E-state index in [2.05, 4.69) is 16.4 Å². The van der Waals surface area contributed by atoms with Crippen LogP contribution in [-0.4, -0.2) is 42.5 Å². The van der Waals surface area contributed by atoms with E-state index in [1.54, 1.807) is 0 Å². The second-order valence-corrected chi connectivity index (χ2v) is 7.09. The third-order valence-corrected chi connectivity index (χ3v) is 5.23. The summed E-state index contributed by atoms with van der Waals surface area (Å²) in [6, 6.07) is 7.98. The number of carbonyl (C=O) groups is 1. The van der Waals surface area contributed by atoms with Gasteiger partial charge in [-0.25, -0.2) is 4.98 Å². The predicted octanol–water partition coefficient (Wildman–Crippen LogP) is 3.33. The summed E-state index contributed by atoms with van der Waals surface area (Å²) in [4.78, 5) is 16.7. The highest BCUT2D eigenvalue weighted by Crippen LogP contribution is 2.26. The summed E-state index contributed by atoms with van der Waals surface area (Å²) < 4.78 is 11.1. The normalized spacial score (nSPS) is 17.0. The number of carbonyl (C=O) groups excluding carboxylic acids is 1. The first-order valence-corrected chi connectivity index (χ1v) is 9.69. The number of hydrogen-bond donors (Lipinski definition) is 1. The van der Waals surface area contributed by atoms with Gasteiger partial charge in [0.2, 0.25) is 5.91 Å². The molecule has 1 unspecified atom stereocenters. The van der Waals surface area contributed by atoms with E-state index in [-0.39, 0.29) is 12.0 Å². The number of rotatable bonds is 7. The average molecular weight is 360 g/mol. The van der Waals surface area contributed by atoms with Gasteiger partial charge in [0.25, 0.3) is 0 Å². The Morgan fingerprint density at radius 3 is 3.08 bits per heavy atom. The van der Waals surface area contributed by atoms with E-state index in [0.29, 0.717) is 18.9 Å². The SMILES string of the molecule is CCOc1ccc2nc(SCC(=O)NCC3CCCO3)c(C)cc2c1. The molecule has 2 aromatic rings. The molecule has 0 spiro atoms. The van der Waals surface area contributed by atoms with Gasteiger partial charge in [-0.3, -0.25) is 4.79 Å². The molecule has 1 atom stereocenters. The van der Waals surface area contributed by atoms with E-state index in [4.69, 9.17) is 9.47 Å². The van der Waals surface area contributed by atoms with Crippen molar-refractivity contribution in [3.63, 3.8) is 0 Å². The summed E-state index contributed by atoms with van der Waals surface area (Å²) in [5, 5.41) is 4.89. The molecule has 1 fully saturated rings. The molecule has 3 rings (SSSR count). The number of hydrogen-bond acceptors (Lipinski definition) is 5. The van der Waals surface area contributed by atoms with E-state index in [9.17, 15) is 4.79 Å². The van der Waals surface area contributed by atoms with Gasteiger partial charge in [-0.15, -0.1) is 0 Å². The Bertz CT molecular complexity index is 745. The third kappa shape index (κ3) is 4.86. The number of pyridine rings is 1. The minimum atomic E-state index is 0.0218. The van der Waals surface area contributed by atoms with Crippen LogP contribution in [0.2, 0.25) is 0 Å². The Morgan fingerprint density at radius 2 is 2.32 bits per heavy atom. The number of aromatic nitrogens is 1. The summed E-state index contributed by atoms with van der Waals surface area (Å²) in [5.41, 5.74) is 1.98. The van der Waals surface area contributed by atoms with Crippen molar-refractivity contribution in [3.05, 3.63) is 29.8 Å². The van der Waals surface area contributed by atoms with Crippen LogP contribution in [0.1, 0.15) is 25.3 Å². The van der Waals surface area contributed by atoms with Crippen molar-refractivity contribution in [1.82, 2.24) is 10.3 Å². The van der Waals surface area contributed by atoms with Crippen molar-refractivity contribution >= 4 is 28.6 Å². The van der Waals surface area contributed by atoms with Crippen LogP contribution < -0.4 is 10.1 Å². The van der Waals surface area contributed by atoms with Crippen LogP contribution >= 0.6 is 11.8 Å². The van der Waals surface area contributed by atoms with Gasteiger partial charge in [0, 0.05) is 18.5 Å². The maximum Gasteiger partial charge on any atom is 0.230 e. The molecule has 5 nitrogen and oxygen atoms in total. The monoisotopic (exact) mass is 360 g/mol. The van der Waals surface area contributed by atoms with Crippen LogP contribution in [0.15, 0.2) is 29.3 Å². The quantitative estimate of drug-likeness (QED) is 0.768. The summed E-state index contributed by atoms with van der Waals surface area (Å²) in [6.45, 7) is 6.04. The number of thioether (sulfide) groups is 1. The lowest BCUT2D eigenvalue weighted by molar-refractivity contribution is -0.119. The largest absolute Gasteiger partial charge is 0.494 e. The average Bonchev–Trinajstić information content (AvgIpc) is 3.12. The van der Waals surface area contributed by atoms with Gasteiger partial charge in [0.05, 0.1) is 24.0 Å². The molecule has 1 saturated heterocycles. The van der Waals surface area contributed by atoms with Gasteiger partial charge in [-0.1, -0.05) is 11.8 Å². The van der Waals surface area contributed by atoms with E-state index in [1.807, 2.05) is 32.0 Å². The van der Waals surface area contributed by atoms with E-state index >= 15 is 0 Å². The number of aryl methyl sites for hydroxylation is 1. The molecule has 1 aromatic carbocycles. The van der Waals surface area contributed by atoms with E-state index < -0.39 is 0 Å². The van der Waals surface area contributed by atoms with Crippen molar-refractivity contribution < 1.29 is 14.3 Å². The number of ether oxygens (including phenoxy) is 2. The molecule has 1 aromatic heterocycles. The van der Waals surface area contributed by atoms with Crippen molar-refractivity contribution in [3.8, 4) is 5.75 Å². The molecule has 0 bridgehead atoms. The zero-order valence-corrected chi connectivity index (χ0v) is 15.5. The van der Waals surface area contributed by atoms with Gasteiger partial charge in [-0.05, 0) is 56.5 Å². The maximum atomic E-state index is 12.0. The summed E-state index contributed by atoms with van der Waals surface area (Å²) in [5.74, 6) is 1.24. The van der Waals surface area contributed by atoms with E-state index in [0.717, 1.165) is 46.7 Å². The predicted molar refractivity (Wildman–Crippen MR) is 100 cm³/mol. The molecule has 0 saturated carbocycles. The van der Waals surface area contributed by atoms with Gasteiger partial charge < -0.3 is 14.8 Å². The first-order chi connectivity index (χ1) is 12.2. The Morgan fingerprint density at radius 1 is 1.44 bits per heavy atom. The van der Waals surface area contributed by atoms with E-state index in [1.165, 1.54) is 11.8 Å². The molecular formula is C19H24N2O3S. The zero-order chi connectivity index (χ0) is 17.6. The van der Waals surface area contributed by atoms with Crippen molar-refractivity contribution in [2.45, 2.75) is 37.8 Å². The molecule has 2 heterocycles. The van der Waals surface area contributed by atoms with Crippen LogP contribution in [0, 0.1) is 6.92 Å². The first kappa shape index (κ1) is 18.0. The van der Waals surface area contributed by atoms with Crippen LogP contribution in [0.4, 0.5) is 0 Å². The summed E-state index contributed by atoms with van der Waals surface area (Å²) >= 11 is 1.47. The van der Waals surface area contributed by atoms with Crippen LogP contribution in [-0.2, 0) is 9.53 Å². The van der Waals surface area contributed by atoms with Gasteiger partial charge in [-0.2, -0.15) is 0 Å². The van der Waals surface area contributed by atoms with Crippen LogP contribution in [0.3, 0.4) is 0 Å². The zero-order valence-electron chi connectivity index (χ0n) is 14.7. The van der Waals surface area contributed by atoms with Crippen molar-refractivity contribution in [1.29, 1.82) is 0 Å². The van der Waals surface area contributed by atoms with Gasteiger partial charge in [0.15, 0.2) is 0 Å². The fourth-order valence-electron chi connectivity index (χ4n) is 2.86. The molecule has 1 amide bonds. The van der Waals surface area contributed by atoms with Crippen LogP contribution in [0.5, 0.6) is 5.75 Å². The Hall–Kier alpha value is -1.79. The number of nitrogens with zero attached hydrogens (tertiary/aromatic N) is 1. The second-order valence-electron chi connectivity index (χ2n) is 6.13. The maximum absolute atomic E-state index is 12.0. The van der Waals surface area contributed by atoms with Gasteiger partial charge >= 0.3 is 0 Å². The number of amides is 1. The molecule has 0 aliphatic carbocycles. The molecule has 25 heavy (non-hydrogen) atoms. The fraction of sp³-hybridized carbons (Fsp3) is 0.474. The lowest BCUT2D eigenvalue weighted by atomic mass is 10.1. The lowest BCUT2D eigenvalue weighted by Crippen LogP contribution is -2.32. The first-order valence-electron chi connectivity index (χ1n) is 8.71. The molecule has 1 N–H and O–H groups in total. The number of nitrogens with one attached hydrogen (secondary N) is 1. The minimum absolute atomic E-state index is 0.0218. The molecule has 134 valence electrons. The Balaban J connectivity index is 1.59. The third-order valence-electron chi connectivity index (χ3n) is 4.13. The highest BCUT2D eigenvalue weighted by atomic mass is 32.2. The topological polar surface area (TPSA) is 60.5 Å². The number of fused-ring (bicyclic) bond motifs is 1. The summed E-state index contributed by atoms with van der Waals surface area (Å²) in [6.07, 6.45) is 2.29. The Kier molecular flexibility index (Phi) is 6.15. The molecule has 0 radical (unpaired) electrons. The van der Waals surface area contributed by atoms with Crippen LogP contribution in [0.25, 0.3) is 10.9 Å². The highest BCUT2D eigenvalue weighted by molar-refractivity contribution is 7.99. The molecule has 1 aliphatic heterocycles. The molecule has 1 aliphatic rings. The van der Waals surface area contributed by atoms with Crippen molar-refractivity contribution in [2.75, 3.05) is 25.5 Å².